The maximum Gasteiger partial charge on any atom is 0.159 e. The van der Waals surface area contributed by atoms with Crippen LogP contribution in [0, 0.1) is 0 Å². The number of piperazine rings is 1. The number of imidazole rings is 1. The van der Waals surface area contributed by atoms with Crippen LogP contribution in [0.1, 0.15) is 12.8 Å². The average Bonchev–Trinajstić information content (AvgIpc) is 3.58. The molecule has 4 aromatic rings. The van der Waals surface area contributed by atoms with Gasteiger partial charge in [-0.3, -0.25) is 9.58 Å². The summed E-state index contributed by atoms with van der Waals surface area (Å²) in [6, 6.07) is 11.2. The Balaban J connectivity index is 1.07. The SMILES string of the molecule is CN1CCC(Nc2c(Br)cnc3[nH]c(-c4ccc(N5CCN(CCNc6ccnn6C)CC5)cc4)nc23)CC1. The number of likely N-dealkylation sites (tertiary alicyclic amines) is 1. The van der Waals surface area contributed by atoms with Crippen LogP contribution >= 0.6 is 15.9 Å². The molecule has 0 amide bonds. The van der Waals surface area contributed by atoms with Gasteiger partial charge in [0.05, 0.1) is 16.4 Å². The molecule has 0 atom stereocenters. The summed E-state index contributed by atoms with van der Waals surface area (Å²) in [5, 5.41) is 11.4. The molecule has 2 fully saturated rings. The van der Waals surface area contributed by atoms with Crippen LogP contribution in [-0.2, 0) is 7.05 Å². The molecular formula is C28H37BrN10. The largest absolute Gasteiger partial charge is 0.379 e. The number of pyridine rings is 1. The van der Waals surface area contributed by atoms with Crippen molar-refractivity contribution >= 4 is 44.3 Å². The molecule has 6 rings (SSSR count). The molecular weight excluding hydrogens is 556 g/mol. The van der Waals surface area contributed by atoms with Crippen LogP contribution in [0.15, 0.2) is 47.2 Å². The number of aryl methyl sites for hydroxylation is 1. The van der Waals surface area contributed by atoms with Crippen LogP contribution in [0.4, 0.5) is 17.2 Å². The summed E-state index contributed by atoms with van der Waals surface area (Å²) in [5.41, 5.74) is 5.05. The summed E-state index contributed by atoms with van der Waals surface area (Å²) in [5.74, 6) is 1.91. The predicted octanol–water partition coefficient (Wildman–Crippen LogP) is 3.86. The number of benzene rings is 1. The lowest BCUT2D eigenvalue weighted by molar-refractivity contribution is 0.264. The molecule has 11 heteroatoms. The van der Waals surface area contributed by atoms with E-state index in [1.54, 1.807) is 0 Å². The molecule has 2 aliphatic heterocycles. The minimum atomic E-state index is 0.445. The number of nitrogens with zero attached hydrogens (tertiary/aromatic N) is 7. The molecule has 0 unspecified atom stereocenters. The lowest BCUT2D eigenvalue weighted by atomic mass is 10.1. The molecule has 10 nitrogen and oxygen atoms in total. The van der Waals surface area contributed by atoms with E-state index in [2.05, 4.69) is 87.6 Å². The monoisotopic (exact) mass is 592 g/mol. The quantitative estimate of drug-likeness (QED) is 0.284. The van der Waals surface area contributed by atoms with E-state index in [1.807, 2.05) is 30.2 Å². The first-order valence-electron chi connectivity index (χ1n) is 13.8. The summed E-state index contributed by atoms with van der Waals surface area (Å²) < 4.78 is 2.82. The number of aromatic nitrogens is 5. The van der Waals surface area contributed by atoms with E-state index in [0.717, 1.165) is 104 Å². The molecule has 3 aromatic heterocycles. The fourth-order valence-electron chi connectivity index (χ4n) is 5.51. The van der Waals surface area contributed by atoms with Gasteiger partial charge in [-0.05, 0) is 73.2 Å². The van der Waals surface area contributed by atoms with Gasteiger partial charge >= 0.3 is 0 Å². The third kappa shape index (κ3) is 5.90. The number of piperidine rings is 1. The van der Waals surface area contributed by atoms with E-state index < -0.39 is 0 Å². The third-order valence-electron chi connectivity index (χ3n) is 7.97. The Bertz CT molecular complexity index is 1380. The number of halogens is 1. The molecule has 0 radical (unpaired) electrons. The van der Waals surface area contributed by atoms with Crippen LogP contribution in [0.3, 0.4) is 0 Å². The summed E-state index contributed by atoms with van der Waals surface area (Å²) in [4.78, 5) is 20.4. The standard InChI is InChI=1S/C28H37BrN10/c1-36-12-8-21(9-13-36)33-25-23(29)19-31-28-26(25)34-27(35-28)20-3-5-22(6-4-20)39-17-15-38(16-18-39)14-11-30-24-7-10-32-37(24)2/h3-7,10,19,21,30H,8-9,11-18H2,1-2H3,(H2,31,33,34,35). The first kappa shape index (κ1) is 26.1. The maximum absolute atomic E-state index is 4.98. The number of fused-ring (bicyclic) bond motifs is 1. The van der Waals surface area contributed by atoms with Gasteiger partial charge in [0.15, 0.2) is 5.65 Å². The third-order valence-corrected chi connectivity index (χ3v) is 8.57. The molecule has 39 heavy (non-hydrogen) atoms. The maximum atomic E-state index is 4.98. The zero-order valence-corrected chi connectivity index (χ0v) is 24.3. The highest BCUT2D eigenvalue weighted by Crippen LogP contribution is 2.33. The Morgan fingerprint density at radius 1 is 1.00 bits per heavy atom. The molecule has 3 N–H and O–H groups in total. The normalized spacial score (nSPS) is 17.7. The number of rotatable bonds is 8. The van der Waals surface area contributed by atoms with Crippen molar-refractivity contribution in [2.75, 3.05) is 74.9 Å². The summed E-state index contributed by atoms with van der Waals surface area (Å²) >= 11 is 3.70. The van der Waals surface area contributed by atoms with Gasteiger partial charge in [-0.1, -0.05) is 0 Å². The van der Waals surface area contributed by atoms with E-state index in [4.69, 9.17) is 4.98 Å². The number of hydrogen-bond donors (Lipinski definition) is 3. The molecule has 0 spiro atoms. The fourth-order valence-corrected chi connectivity index (χ4v) is 5.92. The smallest absolute Gasteiger partial charge is 0.159 e. The van der Waals surface area contributed by atoms with Crippen molar-refractivity contribution in [3.63, 3.8) is 0 Å². The van der Waals surface area contributed by atoms with Gasteiger partial charge < -0.3 is 25.4 Å². The van der Waals surface area contributed by atoms with Gasteiger partial charge in [-0.2, -0.15) is 5.10 Å². The van der Waals surface area contributed by atoms with Crippen molar-refractivity contribution in [2.45, 2.75) is 18.9 Å². The van der Waals surface area contributed by atoms with Crippen molar-refractivity contribution in [3.05, 3.63) is 47.2 Å². The lowest BCUT2D eigenvalue weighted by Crippen LogP contribution is -2.47. The molecule has 5 heterocycles. The Labute approximate surface area is 237 Å². The Morgan fingerprint density at radius 2 is 1.77 bits per heavy atom. The summed E-state index contributed by atoms with van der Waals surface area (Å²) in [6.45, 7) is 8.35. The number of H-pyrrole nitrogens is 1. The molecule has 2 saturated heterocycles. The van der Waals surface area contributed by atoms with Crippen LogP contribution in [0.25, 0.3) is 22.6 Å². The predicted molar refractivity (Wildman–Crippen MR) is 162 cm³/mol. The highest BCUT2D eigenvalue weighted by Gasteiger charge is 2.21. The average molecular weight is 594 g/mol. The second-order valence-electron chi connectivity index (χ2n) is 10.6. The summed E-state index contributed by atoms with van der Waals surface area (Å²) in [7, 11) is 4.15. The van der Waals surface area contributed by atoms with Crippen molar-refractivity contribution in [1.82, 2.24) is 34.5 Å². The lowest BCUT2D eigenvalue weighted by Gasteiger charge is -2.36. The number of nitrogens with one attached hydrogen (secondary N) is 3. The Kier molecular flexibility index (Phi) is 7.71. The Hall–Kier alpha value is -3.15. The summed E-state index contributed by atoms with van der Waals surface area (Å²) in [6.07, 6.45) is 5.94. The van der Waals surface area contributed by atoms with E-state index in [9.17, 15) is 0 Å². The number of anilines is 3. The second kappa shape index (κ2) is 11.5. The molecule has 0 aliphatic carbocycles. The minimum absolute atomic E-state index is 0.445. The van der Waals surface area contributed by atoms with Crippen molar-refractivity contribution < 1.29 is 0 Å². The molecule has 0 saturated carbocycles. The van der Waals surface area contributed by atoms with Crippen molar-refractivity contribution in [1.29, 1.82) is 0 Å². The minimum Gasteiger partial charge on any atom is -0.379 e. The van der Waals surface area contributed by atoms with Crippen LogP contribution in [0.2, 0.25) is 0 Å². The molecule has 1 aromatic carbocycles. The fraction of sp³-hybridized carbons (Fsp3) is 0.464. The molecule has 0 bridgehead atoms. The molecule has 206 valence electrons. The van der Waals surface area contributed by atoms with Crippen LogP contribution < -0.4 is 15.5 Å². The van der Waals surface area contributed by atoms with Gasteiger partial charge in [-0.15, -0.1) is 0 Å². The number of aromatic amines is 1. The van der Waals surface area contributed by atoms with E-state index in [1.165, 1.54) is 5.69 Å². The van der Waals surface area contributed by atoms with Crippen molar-refractivity contribution in [2.24, 2.45) is 7.05 Å². The number of hydrogen-bond acceptors (Lipinski definition) is 8. The topological polar surface area (TPSA) is 93.2 Å². The van der Waals surface area contributed by atoms with Gasteiger partial charge in [0.1, 0.15) is 17.2 Å². The first-order chi connectivity index (χ1) is 19.0. The van der Waals surface area contributed by atoms with Crippen molar-refractivity contribution in [3.8, 4) is 11.4 Å². The Morgan fingerprint density at radius 3 is 2.49 bits per heavy atom. The first-order valence-corrected chi connectivity index (χ1v) is 14.6. The van der Waals surface area contributed by atoms with Crippen LogP contribution in [0.5, 0.6) is 0 Å². The molecule has 2 aliphatic rings. The zero-order valence-electron chi connectivity index (χ0n) is 22.7. The highest BCUT2D eigenvalue weighted by atomic mass is 79.9. The highest BCUT2D eigenvalue weighted by molar-refractivity contribution is 9.10. The van der Waals surface area contributed by atoms with E-state index in [-0.39, 0.29) is 0 Å². The van der Waals surface area contributed by atoms with Gasteiger partial charge in [-0.25, -0.2) is 9.97 Å². The second-order valence-corrected chi connectivity index (χ2v) is 11.5. The van der Waals surface area contributed by atoms with Gasteiger partial charge in [0.2, 0.25) is 0 Å². The zero-order chi connectivity index (χ0) is 26.8. The van der Waals surface area contributed by atoms with Gasteiger partial charge in [0.25, 0.3) is 0 Å². The van der Waals surface area contributed by atoms with E-state index >= 15 is 0 Å². The van der Waals surface area contributed by atoms with E-state index in [0.29, 0.717) is 6.04 Å². The van der Waals surface area contributed by atoms with Gasteiger partial charge in [0, 0.05) is 75.9 Å². The van der Waals surface area contributed by atoms with Crippen LogP contribution in [-0.4, -0.2) is 100.0 Å².